The van der Waals surface area contributed by atoms with E-state index >= 15 is 0 Å². The van der Waals surface area contributed by atoms with E-state index in [0.717, 1.165) is 55.3 Å². The zero-order chi connectivity index (χ0) is 27.5. The summed E-state index contributed by atoms with van der Waals surface area (Å²) in [5, 5.41) is 23.3. The molecule has 0 saturated carbocycles. The lowest BCUT2D eigenvalue weighted by Gasteiger charge is -2.25. The monoisotopic (exact) mass is 511 g/mol. The van der Waals surface area contributed by atoms with E-state index in [-0.39, 0.29) is 0 Å². The maximum Gasteiger partial charge on any atom is 0.101 e. The van der Waals surface area contributed by atoms with Crippen LogP contribution < -0.4 is 4.90 Å². The Kier molecular flexibility index (Phi) is 6.55. The number of rotatable bonds is 5. The predicted molar refractivity (Wildman–Crippen MR) is 166 cm³/mol. The number of nitriles is 2. The van der Waals surface area contributed by atoms with Gasteiger partial charge in [-0.2, -0.15) is 10.5 Å². The minimum absolute atomic E-state index is 0.432. The van der Waals surface area contributed by atoms with Crippen molar-refractivity contribution < 1.29 is 0 Å². The normalized spacial score (nSPS) is 11.0. The van der Waals surface area contributed by atoms with Crippen molar-refractivity contribution in [1.29, 1.82) is 10.5 Å². The van der Waals surface area contributed by atoms with Crippen LogP contribution in [0.25, 0.3) is 33.7 Å². The second-order valence-corrected chi connectivity index (χ2v) is 9.76. The molecule has 0 bridgehead atoms. The first kappa shape index (κ1) is 24.7. The second-order valence-electron chi connectivity index (χ2n) is 9.76. The van der Waals surface area contributed by atoms with Crippen LogP contribution in [0.2, 0.25) is 0 Å². The van der Waals surface area contributed by atoms with Crippen LogP contribution in [0.15, 0.2) is 121 Å². The van der Waals surface area contributed by atoms with Gasteiger partial charge in [0.1, 0.15) is 12.1 Å². The zero-order valence-electron chi connectivity index (χ0n) is 22.0. The van der Waals surface area contributed by atoms with Crippen molar-refractivity contribution in [2.45, 2.75) is 6.92 Å². The van der Waals surface area contributed by atoms with E-state index in [1.54, 1.807) is 0 Å². The fraction of sp³-hybridized carbons (Fsp3) is 0.0270. The number of benzene rings is 6. The molecule has 0 saturated heterocycles. The molecule has 0 aliphatic carbocycles. The molecule has 0 fully saturated rings. The van der Waals surface area contributed by atoms with E-state index in [9.17, 15) is 10.5 Å². The van der Waals surface area contributed by atoms with Crippen LogP contribution in [0.3, 0.4) is 0 Å². The molecule has 0 N–H and O–H groups in total. The highest BCUT2D eigenvalue weighted by atomic mass is 15.1. The largest absolute Gasteiger partial charge is 0.311 e. The third kappa shape index (κ3) is 4.58. The standard InChI is InChI=1S/C37H25N3/c1-26-12-20-32-34(22-26)35-23-28(17-21-33(35)37(25-39)36(32)24-38)14-13-27-15-18-31(19-16-27)40(29-8-4-2-5-9-29)30-10-6-3-7-11-30/h2-23H,1H3. The SMILES string of the molecule is Cc1ccc2c(C#N)c(C#N)c3ccc(C=Cc4ccc(N(c5ccccc5)c5ccccc5)cc4)cc3c2c1. The minimum atomic E-state index is 0.432. The Labute approximate surface area is 234 Å². The fourth-order valence-corrected chi connectivity index (χ4v) is 5.24. The lowest BCUT2D eigenvalue weighted by molar-refractivity contribution is 1.28. The van der Waals surface area contributed by atoms with E-state index in [1.807, 2.05) is 43.3 Å². The summed E-state index contributed by atoms with van der Waals surface area (Å²) in [6.45, 7) is 2.04. The molecule has 3 nitrogen and oxygen atoms in total. The quantitative estimate of drug-likeness (QED) is 0.171. The van der Waals surface area contributed by atoms with Gasteiger partial charge in [0.05, 0.1) is 11.1 Å². The smallest absolute Gasteiger partial charge is 0.101 e. The molecule has 0 heterocycles. The number of aryl methyl sites for hydroxylation is 1. The van der Waals surface area contributed by atoms with Crippen molar-refractivity contribution >= 4 is 50.8 Å². The summed E-state index contributed by atoms with van der Waals surface area (Å²) >= 11 is 0. The van der Waals surface area contributed by atoms with Gasteiger partial charge < -0.3 is 4.90 Å². The summed E-state index contributed by atoms with van der Waals surface area (Å²) < 4.78 is 0. The Hall–Kier alpha value is -5.64. The van der Waals surface area contributed by atoms with Crippen LogP contribution in [-0.4, -0.2) is 0 Å². The lowest BCUT2D eigenvalue weighted by Crippen LogP contribution is -2.09. The second kappa shape index (κ2) is 10.6. The van der Waals surface area contributed by atoms with Crippen LogP contribution in [0.4, 0.5) is 17.1 Å². The summed E-state index contributed by atoms with van der Waals surface area (Å²) in [4.78, 5) is 2.24. The Morgan fingerprint density at radius 1 is 0.500 bits per heavy atom. The molecule has 6 rings (SSSR count). The molecule has 6 aromatic carbocycles. The summed E-state index contributed by atoms with van der Waals surface area (Å²) in [6, 6.07) is 45.9. The molecule has 6 aromatic rings. The first-order valence-corrected chi connectivity index (χ1v) is 13.1. The van der Waals surface area contributed by atoms with Crippen molar-refractivity contribution in [2.75, 3.05) is 4.90 Å². The molecular formula is C37H25N3. The molecule has 0 aliphatic heterocycles. The number of fused-ring (bicyclic) bond motifs is 3. The lowest BCUT2D eigenvalue weighted by atomic mass is 9.91. The van der Waals surface area contributed by atoms with Crippen molar-refractivity contribution in [3.63, 3.8) is 0 Å². The first-order valence-electron chi connectivity index (χ1n) is 13.1. The predicted octanol–water partition coefficient (Wildman–Crippen LogP) is 9.68. The topological polar surface area (TPSA) is 50.8 Å². The number of para-hydroxylation sites is 2. The molecular weight excluding hydrogens is 486 g/mol. The Morgan fingerprint density at radius 2 is 0.975 bits per heavy atom. The molecule has 0 aliphatic rings. The van der Waals surface area contributed by atoms with Crippen LogP contribution in [-0.2, 0) is 0 Å². The van der Waals surface area contributed by atoms with Crippen molar-refractivity contribution in [3.8, 4) is 12.1 Å². The first-order chi connectivity index (χ1) is 19.7. The molecule has 40 heavy (non-hydrogen) atoms. The Morgan fingerprint density at radius 3 is 1.55 bits per heavy atom. The van der Waals surface area contributed by atoms with Crippen molar-refractivity contribution in [1.82, 2.24) is 0 Å². The number of nitrogens with zero attached hydrogens (tertiary/aromatic N) is 3. The van der Waals surface area contributed by atoms with Crippen molar-refractivity contribution in [2.24, 2.45) is 0 Å². The van der Waals surface area contributed by atoms with E-state index in [2.05, 4.69) is 114 Å². The van der Waals surface area contributed by atoms with E-state index in [4.69, 9.17) is 0 Å². The van der Waals surface area contributed by atoms with Crippen LogP contribution in [0.5, 0.6) is 0 Å². The molecule has 0 atom stereocenters. The van der Waals surface area contributed by atoms with Crippen LogP contribution in [0.1, 0.15) is 27.8 Å². The average molecular weight is 512 g/mol. The van der Waals surface area contributed by atoms with Gasteiger partial charge in [0, 0.05) is 27.8 Å². The number of hydrogen-bond donors (Lipinski definition) is 0. The van der Waals surface area contributed by atoms with Crippen molar-refractivity contribution in [3.05, 3.63) is 149 Å². The average Bonchev–Trinajstić information content (AvgIpc) is 3.01. The van der Waals surface area contributed by atoms with E-state index in [0.29, 0.717) is 11.1 Å². The molecule has 0 spiro atoms. The minimum Gasteiger partial charge on any atom is -0.311 e. The maximum atomic E-state index is 9.87. The number of anilines is 3. The highest BCUT2D eigenvalue weighted by molar-refractivity contribution is 6.13. The molecule has 0 radical (unpaired) electrons. The third-order valence-electron chi connectivity index (χ3n) is 7.17. The Balaban J connectivity index is 1.36. The van der Waals surface area contributed by atoms with Gasteiger partial charge in [-0.25, -0.2) is 0 Å². The van der Waals surface area contributed by atoms with Gasteiger partial charge in [-0.3, -0.25) is 0 Å². The van der Waals surface area contributed by atoms with E-state index in [1.165, 1.54) is 0 Å². The van der Waals surface area contributed by atoms with E-state index < -0.39 is 0 Å². The maximum absolute atomic E-state index is 9.87. The fourth-order valence-electron chi connectivity index (χ4n) is 5.24. The summed E-state index contributed by atoms with van der Waals surface area (Å²) in [5.41, 5.74) is 7.39. The third-order valence-corrected chi connectivity index (χ3v) is 7.17. The van der Waals surface area contributed by atoms with Crippen LogP contribution >= 0.6 is 0 Å². The molecule has 188 valence electrons. The molecule has 0 amide bonds. The van der Waals surface area contributed by atoms with Gasteiger partial charge in [0.2, 0.25) is 0 Å². The summed E-state index contributed by atoms with van der Waals surface area (Å²) in [7, 11) is 0. The van der Waals surface area contributed by atoms with Gasteiger partial charge in [-0.1, -0.05) is 96.6 Å². The molecule has 0 unspecified atom stereocenters. The van der Waals surface area contributed by atoms with Gasteiger partial charge in [-0.15, -0.1) is 0 Å². The number of hydrogen-bond acceptors (Lipinski definition) is 3. The van der Waals surface area contributed by atoms with Gasteiger partial charge in [-0.05, 0) is 71.3 Å². The van der Waals surface area contributed by atoms with Crippen LogP contribution in [0, 0.1) is 29.6 Å². The highest BCUT2D eigenvalue weighted by Crippen LogP contribution is 2.35. The molecule has 3 heteroatoms. The summed E-state index contributed by atoms with van der Waals surface area (Å²) in [6.07, 6.45) is 4.19. The van der Waals surface area contributed by atoms with Gasteiger partial charge in [0.25, 0.3) is 0 Å². The summed E-state index contributed by atoms with van der Waals surface area (Å²) in [5.74, 6) is 0. The molecule has 0 aromatic heterocycles. The van der Waals surface area contributed by atoms with Gasteiger partial charge in [0.15, 0.2) is 0 Å². The van der Waals surface area contributed by atoms with Gasteiger partial charge >= 0.3 is 0 Å². The zero-order valence-corrected chi connectivity index (χ0v) is 22.0. The Bertz CT molecular complexity index is 1920. The highest BCUT2D eigenvalue weighted by Gasteiger charge is 2.15.